The van der Waals surface area contributed by atoms with Gasteiger partial charge in [0.25, 0.3) is 0 Å². The molecule has 0 amide bonds. The second-order valence-corrected chi connectivity index (χ2v) is 14.4. The molecule has 2 unspecified atom stereocenters. The molecule has 292 valence electrons. The molecule has 14 atom stereocenters. The molecule has 0 bridgehead atoms. The third-order valence-electron chi connectivity index (χ3n) is 10.3. The van der Waals surface area contributed by atoms with E-state index < -0.39 is 84.1 Å². The Hall–Kier alpha value is -3.44. The molecule has 0 aromatic rings. The van der Waals surface area contributed by atoms with Gasteiger partial charge in [-0.2, -0.15) is 0 Å². The van der Waals surface area contributed by atoms with E-state index in [-0.39, 0.29) is 23.4 Å². The summed E-state index contributed by atoms with van der Waals surface area (Å²) in [5.41, 5.74) is 0. The first-order valence-electron chi connectivity index (χ1n) is 18.6. The predicted octanol–water partition coefficient (Wildman–Crippen LogP) is 5.65. The van der Waals surface area contributed by atoms with Gasteiger partial charge in [-0.05, 0) is 38.8 Å². The molecule has 0 saturated heterocycles. The first-order valence-corrected chi connectivity index (χ1v) is 18.6. The Morgan fingerprint density at radius 1 is 0.635 bits per heavy atom. The maximum absolute atomic E-state index is 13.0. The molecule has 1 aliphatic heterocycles. The van der Waals surface area contributed by atoms with Crippen LogP contribution in [-0.4, -0.2) is 80.6 Å². The highest BCUT2D eigenvalue weighted by molar-refractivity contribution is 5.92. The second-order valence-electron chi connectivity index (χ2n) is 14.4. The number of hydrogen-bond donors (Lipinski definition) is 4. The van der Waals surface area contributed by atoms with Crippen molar-refractivity contribution in [3.63, 3.8) is 0 Å². The monoisotopic (exact) mass is 728 g/mol. The number of ether oxygens (including phenoxy) is 2. The van der Waals surface area contributed by atoms with E-state index in [2.05, 4.69) is 0 Å². The average Bonchev–Trinajstić information content (AvgIpc) is 3.10. The molecule has 0 radical (unpaired) electrons. The fraction of sp³-hybridized carbons (Fsp3) is 0.619. The standard InChI is InChI=1S/C42H64O10/c1-11-33(31(9)43)21-23-35(45)27(5)39(49)29(7)41-25(3)17-13-15-20-38(48)52-42(26(4)18-14-16-19-37(47)51-41)30(8)40(50)28(6)36(46)24-22-34(12-2)32(10)44/h13-34,39-44,49-50H,11-12H2,1-10H3/b17-13+,18-14+,19-16+,20-15+,23-21+,24-22+/t25?,26?,27-,28-,29+,30+,31-,32-,33-,34-,39+,40+,41+,42+/m1/s1. The number of rotatable bonds is 16. The van der Waals surface area contributed by atoms with Crippen LogP contribution in [0.5, 0.6) is 0 Å². The van der Waals surface area contributed by atoms with Crippen molar-refractivity contribution in [1.29, 1.82) is 0 Å². The highest BCUT2D eigenvalue weighted by atomic mass is 16.5. The number of aliphatic hydroxyl groups excluding tert-OH is 4. The van der Waals surface area contributed by atoms with Gasteiger partial charge in [-0.3, -0.25) is 9.59 Å². The number of hydrogen-bond acceptors (Lipinski definition) is 10. The summed E-state index contributed by atoms with van der Waals surface area (Å²) in [4.78, 5) is 51.9. The van der Waals surface area contributed by atoms with Crippen LogP contribution in [0.2, 0.25) is 0 Å². The van der Waals surface area contributed by atoms with Crippen molar-refractivity contribution in [1.82, 2.24) is 0 Å². The minimum Gasteiger partial charge on any atom is -0.458 e. The van der Waals surface area contributed by atoms with E-state index in [1.165, 1.54) is 36.5 Å². The smallest absolute Gasteiger partial charge is 0.331 e. The zero-order chi connectivity index (χ0) is 39.7. The Bertz CT molecular complexity index is 1220. The van der Waals surface area contributed by atoms with E-state index >= 15 is 0 Å². The molecular weight excluding hydrogens is 664 g/mol. The molecule has 4 N–H and O–H groups in total. The maximum Gasteiger partial charge on any atom is 0.331 e. The number of allylic oxidation sites excluding steroid dienone is 6. The first kappa shape index (κ1) is 46.6. The van der Waals surface area contributed by atoms with Gasteiger partial charge in [0.1, 0.15) is 12.2 Å². The van der Waals surface area contributed by atoms with Crippen LogP contribution in [0.1, 0.15) is 82.1 Å². The number of carbonyl (C=O) groups is 4. The Balaban J connectivity index is 3.25. The molecule has 0 aromatic heterocycles. The van der Waals surface area contributed by atoms with Gasteiger partial charge in [-0.25, -0.2) is 9.59 Å². The van der Waals surface area contributed by atoms with Crippen LogP contribution in [0.3, 0.4) is 0 Å². The summed E-state index contributed by atoms with van der Waals surface area (Å²) in [6.45, 7) is 17.4. The number of carbonyl (C=O) groups excluding carboxylic acids is 4. The van der Waals surface area contributed by atoms with Gasteiger partial charge in [0.2, 0.25) is 0 Å². The van der Waals surface area contributed by atoms with Gasteiger partial charge in [0, 0.05) is 59.5 Å². The van der Waals surface area contributed by atoms with E-state index in [9.17, 15) is 39.6 Å². The SMILES string of the molecule is CC[C@H](/C=C/C(=O)[C@@H](C)[C@H](O)[C@H](C)[C@H]1OC(=O)/C=C/C=C/C(C)[C@@H]([C@@H](C)[C@@H](O)[C@H](C)C(=O)/C=C/[C@@H](CC)[C@@H](C)O)OC(=O)/C=C/C=C/C1C)[C@@H](C)O. The molecule has 1 rings (SSSR count). The summed E-state index contributed by atoms with van der Waals surface area (Å²) in [5.74, 6) is -6.11. The van der Waals surface area contributed by atoms with Crippen molar-refractivity contribution in [2.24, 2.45) is 47.3 Å². The molecule has 10 nitrogen and oxygen atoms in total. The second kappa shape index (κ2) is 23.3. The lowest BCUT2D eigenvalue weighted by Crippen LogP contribution is -2.41. The molecule has 10 heteroatoms. The average molecular weight is 729 g/mol. The number of cyclic esters (lactones) is 2. The molecule has 0 aromatic carbocycles. The Kier molecular flexibility index (Phi) is 20.8. The summed E-state index contributed by atoms with van der Waals surface area (Å²) in [6, 6.07) is 0. The van der Waals surface area contributed by atoms with E-state index in [0.717, 1.165) is 0 Å². The molecule has 0 saturated carbocycles. The highest BCUT2D eigenvalue weighted by Gasteiger charge is 2.37. The quantitative estimate of drug-likeness (QED) is 0.115. The van der Waals surface area contributed by atoms with Crippen molar-refractivity contribution >= 4 is 23.5 Å². The van der Waals surface area contributed by atoms with Gasteiger partial charge in [0.05, 0.1) is 24.4 Å². The van der Waals surface area contributed by atoms with Gasteiger partial charge in [-0.15, -0.1) is 0 Å². The van der Waals surface area contributed by atoms with Crippen molar-refractivity contribution in [3.8, 4) is 0 Å². The molecule has 52 heavy (non-hydrogen) atoms. The highest BCUT2D eigenvalue weighted by Crippen LogP contribution is 2.28. The summed E-state index contributed by atoms with van der Waals surface area (Å²) in [5, 5.41) is 42.3. The lowest BCUT2D eigenvalue weighted by atomic mass is 9.82. The Labute approximate surface area is 311 Å². The molecule has 0 spiro atoms. The molecule has 1 heterocycles. The van der Waals surface area contributed by atoms with Crippen LogP contribution in [0, 0.1) is 47.3 Å². The van der Waals surface area contributed by atoms with Gasteiger partial charge < -0.3 is 29.9 Å². The number of aliphatic hydroxyl groups is 4. The first-order chi connectivity index (χ1) is 24.4. The largest absolute Gasteiger partial charge is 0.458 e. The zero-order valence-electron chi connectivity index (χ0n) is 32.7. The molecule has 0 aliphatic carbocycles. The van der Waals surface area contributed by atoms with Crippen molar-refractivity contribution in [2.75, 3.05) is 0 Å². The third kappa shape index (κ3) is 14.9. The summed E-state index contributed by atoms with van der Waals surface area (Å²) in [6.07, 6.45) is 14.3. The van der Waals surface area contributed by atoms with Gasteiger partial charge in [0.15, 0.2) is 11.6 Å². The van der Waals surface area contributed by atoms with Gasteiger partial charge in [-0.1, -0.05) is 104 Å². The normalized spacial score (nSPS) is 29.0. The molecule has 1 aliphatic rings. The topological polar surface area (TPSA) is 168 Å². The van der Waals surface area contributed by atoms with Crippen LogP contribution in [0.25, 0.3) is 0 Å². The van der Waals surface area contributed by atoms with Crippen LogP contribution >= 0.6 is 0 Å². The zero-order valence-corrected chi connectivity index (χ0v) is 32.7. The minimum atomic E-state index is -1.15. The van der Waals surface area contributed by atoms with E-state index in [4.69, 9.17) is 9.47 Å². The van der Waals surface area contributed by atoms with E-state index in [1.54, 1.807) is 91.8 Å². The Morgan fingerprint density at radius 2 is 0.962 bits per heavy atom. The fourth-order valence-corrected chi connectivity index (χ4v) is 6.35. The fourth-order valence-electron chi connectivity index (χ4n) is 6.35. The van der Waals surface area contributed by atoms with Crippen LogP contribution < -0.4 is 0 Å². The molecular formula is C42H64O10. The number of esters is 2. The lowest BCUT2D eigenvalue weighted by molar-refractivity contribution is -0.152. The Morgan fingerprint density at radius 3 is 1.25 bits per heavy atom. The minimum absolute atomic E-state index is 0.191. The van der Waals surface area contributed by atoms with Crippen molar-refractivity contribution in [2.45, 2.75) is 119 Å². The third-order valence-corrected chi connectivity index (χ3v) is 10.3. The van der Waals surface area contributed by atoms with Crippen LogP contribution in [0.15, 0.2) is 72.9 Å². The van der Waals surface area contributed by atoms with Gasteiger partial charge >= 0.3 is 11.9 Å². The maximum atomic E-state index is 13.0. The van der Waals surface area contributed by atoms with Crippen molar-refractivity contribution in [3.05, 3.63) is 72.9 Å². The summed E-state index contributed by atoms with van der Waals surface area (Å²) in [7, 11) is 0. The van der Waals surface area contributed by atoms with Crippen LogP contribution in [-0.2, 0) is 28.7 Å². The summed E-state index contributed by atoms with van der Waals surface area (Å²) >= 11 is 0. The van der Waals surface area contributed by atoms with Crippen LogP contribution in [0.4, 0.5) is 0 Å². The predicted molar refractivity (Wildman–Crippen MR) is 203 cm³/mol. The van der Waals surface area contributed by atoms with E-state index in [0.29, 0.717) is 12.8 Å². The van der Waals surface area contributed by atoms with Crippen molar-refractivity contribution < 1.29 is 49.1 Å². The summed E-state index contributed by atoms with van der Waals surface area (Å²) < 4.78 is 11.7. The number of ketones is 2. The molecule has 0 fully saturated rings. The lowest BCUT2D eigenvalue weighted by Gasteiger charge is -2.33. The van der Waals surface area contributed by atoms with E-state index in [1.807, 2.05) is 13.8 Å².